The van der Waals surface area contributed by atoms with Gasteiger partial charge in [-0.15, -0.1) is 5.10 Å². The highest BCUT2D eigenvalue weighted by Gasteiger charge is 2.54. The summed E-state index contributed by atoms with van der Waals surface area (Å²) in [5, 5.41) is 56.5. The maximum absolute atomic E-state index is 14.7. The molecule has 3 aliphatic heterocycles. The van der Waals surface area contributed by atoms with Crippen molar-refractivity contribution in [2.24, 2.45) is 29.4 Å². The molecule has 6 N–H and O–H groups in total. The highest BCUT2D eigenvalue weighted by molar-refractivity contribution is 5.92. The van der Waals surface area contributed by atoms with E-state index in [-0.39, 0.29) is 37.3 Å². The van der Waals surface area contributed by atoms with E-state index < -0.39 is 114 Å². The Bertz CT molecular complexity index is 2010. The summed E-state index contributed by atoms with van der Waals surface area (Å²) >= 11 is 0. The molecule has 3 fully saturated rings. The number of primary amides is 1. The quantitative estimate of drug-likeness (QED) is 0.156. The van der Waals surface area contributed by atoms with Gasteiger partial charge in [-0.05, 0) is 104 Å². The van der Waals surface area contributed by atoms with Crippen molar-refractivity contribution >= 4 is 11.9 Å². The lowest BCUT2D eigenvalue weighted by molar-refractivity contribution is -0.275. The summed E-state index contributed by atoms with van der Waals surface area (Å²) in [6.45, 7) is 18.5. The van der Waals surface area contributed by atoms with Gasteiger partial charge in [-0.1, -0.05) is 45.0 Å². The van der Waals surface area contributed by atoms with Gasteiger partial charge in [-0.25, -0.2) is 9.07 Å². The monoisotopic (exact) mass is 1010 g/mol. The maximum Gasteiger partial charge on any atom is 0.309 e. The van der Waals surface area contributed by atoms with Crippen LogP contribution in [0.2, 0.25) is 0 Å². The lowest BCUT2D eigenvalue weighted by Gasteiger charge is -2.51. The van der Waals surface area contributed by atoms with Crippen molar-refractivity contribution in [3.8, 4) is 0 Å². The number of nitrogens with zero attached hydrogens (tertiary/aromatic N) is 5. The van der Waals surface area contributed by atoms with Gasteiger partial charge in [0.05, 0.1) is 47.2 Å². The number of aliphatic hydroxyl groups excluding tert-OH is 2. The van der Waals surface area contributed by atoms with E-state index in [1.807, 2.05) is 53.6 Å². The second-order valence-electron chi connectivity index (χ2n) is 22.0. The summed E-state index contributed by atoms with van der Waals surface area (Å²) in [5.74, 6) is -3.46. The van der Waals surface area contributed by atoms with Gasteiger partial charge in [0, 0.05) is 76.3 Å². The number of carbonyl (C=O) groups is 2. The Morgan fingerprint density at radius 3 is 2.27 bits per heavy atom. The van der Waals surface area contributed by atoms with Crippen LogP contribution in [0.4, 0.5) is 4.39 Å². The fraction of sp³-hybridized carbons (Fsp3) is 0.808. The number of hydrogen-bond donors (Lipinski definition) is 5. The first kappa shape index (κ1) is 58.7. The fourth-order valence-electron chi connectivity index (χ4n) is 11.9. The number of methoxy groups -OCH3 is 2. The normalized spacial score (nSPS) is 39.3. The predicted octanol–water partition coefficient (Wildman–Crippen LogP) is 4.41. The second-order valence-corrected chi connectivity index (χ2v) is 22.0. The summed E-state index contributed by atoms with van der Waals surface area (Å²) in [6.07, 6.45) is -3.18. The van der Waals surface area contributed by atoms with Crippen LogP contribution in [0.25, 0.3) is 0 Å². The topological polar surface area (TPSA) is 234 Å². The Balaban J connectivity index is 1.43. The predicted molar refractivity (Wildman–Crippen MR) is 264 cm³/mol. The molecular weight excluding hydrogens is 920 g/mol. The molecule has 18 nitrogen and oxygen atoms in total. The van der Waals surface area contributed by atoms with Gasteiger partial charge in [0.2, 0.25) is 5.91 Å². The molecule has 1 amide bonds. The van der Waals surface area contributed by atoms with Crippen molar-refractivity contribution < 1.29 is 62.8 Å². The zero-order valence-electron chi connectivity index (χ0n) is 44.7. The number of hydrogen-bond acceptors (Lipinski definition) is 16. The number of alkyl halides is 1. The summed E-state index contributed by atoms with van der Waals surface area (Å²) in [4.78, 5) is 30.4. The molecule has 3 saturated heterocycles. The molecular formula is C52H87FN6O12. The average Bonchev–Trinajstić information content (AvgIpc) is 3.79. The van der Waals surface area contributed by atoms with E-state index in [9.17, 15) is 34.4 Å². The zero-order chi connectivity index (χ0) is 52.9. The Kier molecular flexibility index (Phi) is 20.2. The Hall–Kier alpha value is -3.21. The molecule has 71 heavy (non-hydrogen) atoms. The number of amides is 1. The average molecular weight is 1010 g/mol. The van der Waals surface area contributed by atoms with Crippen LogP contribution in [0.1, 0.15) is 135 Å². The summed E-state index contributed by atoms with van der Waals surface area (Å²) in [5.41, 5.74) is 2.73. The van der Waals surface area contributed by atoms with Crippen LogP contribution in [0, 0.1) is 23.7 Å². The number of aliphatic hydroxyl groups is 4. The first-order chi connectivity index (χ1) is 33.2. The molecule has 0 radical (unpaired) electrons. The third kappa shape index (κ3) is 13.6. The van der Waals surface area contributed by atoms with Crippen molar-refractivity contribution in [1.82, 2.24) is 24.8 Å². The van der Waals surface area contributed by atoms with Gasteiger partial charge < -0.3 is 64.4 Å². The van der Waals surface area contributed by atoms with Gasteiger partial charge in [0.15, 0.2) is 6.29 Å². The minimum atomic E-state index is -1.80. The number of carbonyl (C=O) groups excluding carboxylic acids is 2. The summed E-state index contributed by atoms with van der Waals surface area (Å²) in [7, 11) is 6.92. The minimum absolute atomic E-state index is 0.0171. The van der Waals surface area contributed by atoms with Crippen LogP contribution in [-0.2, 0) is 39.6 Å². The number of likely N-dealkylation sites (N-methyl/N-ethyl adjacent to an activating group) is 2. The standard InChI is InChI=1S/C52H87FN6O12/c1-15-41-52(10,65)45(60)33(6)58(12)27-29(2)24-50(8,64)47(31(4)43(32(5)49(63)70-41)40-25-51(9,67-14)46(61)34(7)69-40)71-42-23-38(22-30(3)68-42)57(11)21-20-37-28-59(56-55-37)39(26-53)44(66-13)35-16-18-36(19-17-35)48(54)62/h16-19,28-34,38-47,60-61,64-65H,15,20-27H2,1-14H3,(H2,54,62)/t29-,30-,31+,32-,33-,34+,38+,39-,40?,41-,42+,43+,44-,45-,46+,47-,50-,51-,52-/m1/s1. The molecule has 0 saturated carbocycles. The third-order valence-electron chi connectivity index (χ3n) is 16.3. The van der Waals surface area contributed by atoms with E-state index in [0.717, 1.165) is 0 Å². The molecule has 404 valence electrons. The lowest BCUT2D eigenvalue weighted by atomic mass is 9.68. The molecule has 1 unspecified atom stereocenters. The van der Waals surface area contributed by atoms with E-state index in [1.54, 1.807) is 65.3 Å². The first-order valence-corrected chi connectivity index (χ1v) is 25.6. The molecule has 0 spiro atoms. The minimum Gasteiger partial charge on any atom is -0.459 e. The molecule has 0 aliphatic carbocycles. The van der Waals surface area contributed by atoms with E-state index in [2.05, 4.69) is 15.2 Å². The molecule has 19 heteroatoms. The number of ether oxygens (including phenoxy) is 6. The molecule has 1 aromatic heterocycles. The van der Waals surface area contributed by atoms with Crippen molar-refractivity contribution in [2.45, 2.75) is 198 Å². The Labute approximate surface area is 421 Å². The van der Waals surface area contributed by atoms with E-state index in [0.29, 0.717) is 49.2 Å². The molecule has 0 bridgehead atoms. The lowest BCUT2D eigenvalue weighted by Crippen LogP contribution is -2.61. The van der Waals surface area contributed by atoms with E-state index in [1.165, 1.54) is 18.7 Å². The van der Waals surface area contributed by atoms with Crippen molar-refractivity contribution in [3.05, 3.63) is 47.3 Å². The summed E-state index contributed by atoms with van der Waals surface area (Å²) < 4.78 is 54.4. The number of rotatable bonds is 15. The highest BCUT2D eigenvalue weighted by Crippen LogP contribution is 2.45. The van der Waals surface area contributed by atoms with Crippen LogP contribution >= 0.6 is 0 Å². The van der Waals surface area contributed by atoms with Gasteiger partial charge in [0.25, 0.3) is 0 Å². The van der Waals surface area contributed by atoms with Gasteiger partial charge in [-0.3, -0.25) is 9.59 Å². The van der Waals surface area contributed by atoms with Crippen molar-refractivity contribution in [3.63, 3.8) is 0 Å². The van der Waals surface area contributed by atoms with Crippen LogP contribution in [0.5, 0.6) is 0 Å². The van der Waals surface area contributed by atoms with Gasteiger partial charge in [-0.2, -0.15) is 0 Å². The number of halogens is 1. The molecule has 19 atom stereocenters. The first-order valence-electron chi connectivity index (χ1n) is 25.6. The molecule has 2 aromatic rings. The van der Waals surface area contributed by atoms with Crippen LogP contribution < -0.4 is 5.73 Å². The highest BCUT2D eigenvalue weighted by atomic mass is 19.1. The fourth-order valence-corrected chi connectivity index (χ4v) is 11.9. The van der Waals surface area contributed by atoms with E-state index in [4.69, 9.17) is 34.2 Å². The SMILES string of the molecule is CC[C@H]1OC(=O)[C@H](C)[C@@H](C2C[C@@](C)(OC)[C@@H](O)[C@H](C)O2)[C@H](C)[C@@H](O[C@H]2C[C@@H](N(C)CCc3cn([C@H](CF)[C@H](OC)c4ccc(C(N)=O)cc4)nn3)C[C@@H](C)O2)[C@](C)(O)C[C@@H](C)CN(C)[C@H](C)[C@@H](O)[C@]1(C)O. The van der Waals surface area contributed by atoms with Crippen molar-refractivity contribution in [2.75, 3.05) is 48.1 Å². The Morgan fingerprint density at radius 2 is 1.68 bits per heavy atom. The van der Waals surface area contributed by atoms with Crippen LogP contribution in [0.3, 0.4) is 0 Å². The zero-order valence-corrected chi connectivity index (χ0v) is 44.7. The van der Waals surface area contributed by atoms with Crippen LogP contribution in [0.15, 0.2) is 30.5 Å². The van der Waals surface area contributed by atoms with Gasteiger partial charge in [0.1, 0.15) is 42.7 Å². The molecule has 3 aliphatic rings. The van der Waals surface area contributed by atoms with Crippen molar-refractivity contribution in [1.29, 1.82) is 0 Å². The molecule has 1 aromatic carbocycles. The summed E-state index contributed by atoms with van der Waals surface area (Å²) in [6, 6.07) is 5.16. The number of aromatic nitrogens is 3. The second kappa shape index (κ2) is 24.4. The smallest absolute Gasteiger partial charge is 0.309 e. The molecule has 4 heterocycles. The van der Waals surface area contributed by atoms with E-state index >= 15 is 0 Å². The number of nitrogens with two attached hydrogens (primary N) is 1. The number of cyclic esters (lactones) is 1. The third-order valence-corrected chi connectivity index (χ3v) is 16.3. The number of benzene rings is 1. The Morgan fingerprint density at radius 1 is 1.01 bits per heavy atom. The number of esters is 1. The molecule has 5 rings (SSSR count). The van der Waals surface area contributed by atoms with Gasteiger partial charge >= 0.3 is 5.97 Å². The van der Waals surface area contributed by atoms with Crippen LogP contribution in [-0.4, -0.2) is 183 Å². The maximum atomic E-state index is 14.7. The largest absolute Gasteiger partial charge is 0.459 e.